The third-order valence-corrected chi connectivity index (χ3v) is 8.21. The van der Waals surface area contributed by atoms with E-state index in [1.54, 1.807) is 6.20 Å². The Bertz CT molecular complexity index is 1930. The van der Waals surface area contributed by atoms with E-state index in [4.69, 9.17) is 17.6 Å². The van der Waals surface area contributed by atoms with Crippen LogP contribution in [0.15, 0.2) is 53.1 Å². The highest BCUT2D eigenvalue weighted by Crippen LogP contribution is 2.52. The fourth-order valence-electron chi connectivity index (χ4n) is 6.24. The van der Waals surface area contributed by atoms with E-state index in [9.17, 15) is 1.37 Å². The van der Waals surface area contributed by atoms with Crippen LogP contribution in [0, 0.1) is 6.92 Å². The van der Waals surface area contributed by atoms with Crippen molar-refractivity contribution < 1.29 is 18.6 Å². The molecule has 6 rings (SSSR count). The predicted molar refractivity (Wildman–Crippen MR) is 150 cm³/mol. The van der Waals surface area contributed by atoms with E-state index in [0.29, 0.717) is 16.9 Å². The van der Waals surface area contributed by atoms with E-state index in [2.05, 4.69) is 26.0 Å². The van der Waals surface area contributed by atoms with Crippen LogP contribution in [0.2, 0.25) is 0 Å². The summed E-state index contributed by atoms with van der Waals surface area (Å²) < 4.78 is 67.6. The molecule has 3 heteroatoms. The molecule has 0 radical (unpaired) electrons. The summed E-state index contributed by atoms with van der Waals surface area (Å²) in [5, 5.41) is 2.83. The van der Waals surface area contributed by atoms with Gasteiger partial charge in [0, 0.05) is 36.9 Å². The number of benzene rings is 2. The molecule has 1 aliphatic carbocycles. The molecule has 5 aromatic rings. The van der Waals surface area contributed by atoms with Crippen molar-refractivity contribution in [3.05, 3.63) is 70.9 Å². The fourth-order valence-corrected chi connectivity index (χ4v) is 6.24. The van der Waals surface area contributed by atoms with E-state index in [1.807, 2.05) is 62.7 Å². The Hall–Kier alpha value is -3.20. The van der Waals surface area contributed by atoms with Gasteiger partial charge in [0.2, 0.25) is 11.4 Å². The average Bonchev–Trinajstić information content (AvgIpc) is 3.25. The molecule has 0 fully saturated rings. The van der Waals surface area contributed by atoms with Gasteiger partial charge in [-0.15, -0.1) is 0 Å². The summed E-state index contributed by atoms with van der Waals surface area (Å²) in [6.45, 7) is 4.11. The number of rotatable bonds is 2. The lowest BCUT2D eigenvalue weighted by Crippen LogP contribution is -2.43. The number of furan rings is 1. The van der Waals surface area contributed by atoms with E-state index < -0.39 is 30.4 Å². The molecule has 2 aromatic carbocycles. The average molecular weight is 485 g/mol. The van der Waals surface area contributed by atoms with Gasteiger partial charge >= 0.3 is 0 Å². The smallest absolute Gasteiger partial charge is 0.227 e. The van der Waals surface area contributed by atoms with Gasteiger partial charge in [0.1, 0.15) is 7.05 Å². The van der Waals surface area contributed by atoms with Crippen LogP contribution in [0.5, 0.6) is 0 Å². The number of aromatic nitrogens is 2. The Kier molecular flexibility index (Phi) is 3.51. The van der Waals surface area contributed by atoms with Crippen LogP contribution < -0.4 is 4.57 Å². The number of aryl methyl sites for hydroxylation is 2. The van der Waals surface area contributed by atoms with Gasteiger partial charge in [0.15, 0.2) is 11.8 Å². The lowest BCUT2D eigenvalue weighted by Gasteiger charge is -2.43. The van der Waals surface area contributed by atoms with Crippen molar-refractivity contribution in [3.8, 4) is 11.3 Å². The normalized spacial score (nSPS) is 20.7. The second kappa shape index (κ2) is 7.65. The molecule has 0 bridgehead atoms. The van der Waals surface area contributed by atoms with Gasteiger partial charge in [-0.2, -0.15) is 0 Å². The molecule has 184 valence electrons. The van der Waals surface area contributed by atoms with Gasteiger partial charge in [-0.25, -0.2) is 9.55 Å². The van der Waals surface area contributed by atoms with Crippen molar-refractivity contribution in [2.24, 2.45) is 7.05 Å². The monoisotopic (exact) mass is 484 g/mol. The Morgan fingerprint density at radius 2 is 1.72 bits per heavy atom. The molecule has 36 heavy (non-hydrogen) atoms. The molecule has 0 spiro atoms. The van der Waals surface area contributed by atoms with Crippen molar-refractivity contribution in [1.82, 2.24) is 4.98 Å². The summed E-state index contributed by atoms with van der Waals surface area (Å²) in [5.41, 5.74) is 5.19. The third kappa shape index (κ3) is 3.25. The highest BCUT2D eigenvalue weighted by Gasteiger charge is 2.45. The number of para-hydroxylation sites is 1. The molecule has 0 aliphatic heterocycles. The molecule has 1 aliphatic rings. The maximum Gasteiger partial charge on any atom is 0.227 e. The van der Waals surface area contributed by atoms with Crippen LogP contribution >= 0.6 is 0 Å². The van der Waals surface area contributed by atoms with Crippen LogP contribution in [0.4, 0.5) is 0 Å². The third-order valence-electron chi connectivity index (χ3n) is 8.21. The fraction of sp³-hybridized carbons (Fsp3) is 0.394. The van der Waals surface area contributed by atoms with E-state index in [1.165, 1.54) is 0 Å². The first-order valence-electron chi connectivity index (χ1n) is 16.1. The summed E-state index contributed by atoms with van der Waals surface area (Å²) in [4.78, 5) is 4.82. The van der Waals surface area contributed by atoms with Crippen molar-refractivity contribution in [3.63, 3.8) is 0 Å². The highest BCUT2D eigenvalue weighted by atomic mass is 16.3. The van der Waals surface area contributed by atoms with Crippen LogP contribution in [-0.2, 0) is 17.9 Å². The Labute approximate surface area is 224 Å². The highest BCUT2D eigenvalue weighted by molar-refractivity contribution is 6.11. The van der Waals surface area contributed by atoms with Crippen LogP contribution in [-0.4, -0.2) is 4.98 Å². The minimum absolute atomic E-state index is 0.0360. The molecule has 3 nitrogen and oxygen atoms in total. The molecular weight excluding hydrogens is 440 g/mol. The van der Waals surface area contributed by atoms with Crippen molar-refractivity contribution in [2.45, 2.75) is 77.9 Å². The lowest BCUT2D eigenvalue weighted by molar-refractivity contribution is -0.661. The number of fused-ring (bicyclic) bond motifs is 5. The molecule has 0 atom stereocenters. The number of hydrogen-bond donors (Lipinski definition) is 0. The van der Waals surface area contributed by atoms with Crippen LogP contribution in [0.3, 0.4) is 0 Å². The molecule has 0 saturated carbocycles. The lowest BCUT2D eigenvalue weighted by atomic mass is 9.60. The van der Waals surface area contributed by atoms with E-state index in [-0.39, 0.29) is 5.56 Å². The summed E-state index contributed by atoms with van der Waals surface area (Å²) in [6, 6.07) is 14.1. The topological polar surface area (TPSA) is 29.9 Å². The quantitative estimate of drug-likeness (QED) is 0.235. The molecule has 0 amide bonds. The molecule has 0 saturated heterocycles. The number of nitrogens with zero attached hydrogens (tertiary/aromatic N) is 2. The van der Waals surface area contributed by atoms with Gasteiger partial charge in [-0.3, -0.25) is 0 Å². The minimum Gasteiger partial charge on any atom is -0.437 e. The van der Waals surface area contributed by atoms with Gasteiger partial charge in [0.25, 0.3) is 0 Å². The van der Waals surface area contributed by atoms with E-state index >= 15 is 0 Å². The minimum atomic E-state index is -3.10. The second-order valence-corrected chi connectivity index (χ2v) is 11.7. The zero-order chi connectivity index (χ0) is 31.5. The zero-order valence-corrected chi connectivity index (χ0v) is 21.8. The van der Waals surface area contributed by atoms with Gasteiger partial charge in [-0.1, -0.05) is 71.7 Å². The largest absolute Gasteiger partial charge is 0.437 e. The van der Waals surface area contributed by atoms with E-state index in [0.717, 1.165) is 56.9 Å². The Morgan fingerprint density at radius 1 is 1.00 bits per heavy atom. The van der Waals surface area contributed by atoms with Crippen LogP contribution in [0.25, 0.3) is 44.2 Å². The van der Waals surface area contributed by atoms with Crippen molar-refractivity contribution in [2.75, 3.05) is 0 Å². The van der Waals surface area contributed by atoms with Gasteiger partial charge < -0.3 is 4.42 Å². The summed E-state index contributed by atoms with van der Waals surface area (Å²) in [7, 11) is 1.81. The maximum atomic E-state index is 9.23. The number of hydrogen-bond acceptors (Lipinski definition) is 2. The zero-order valence-electron chi connectivity index (χ0n) is 28.8. The molecule has 0 N–H and O–H groups in total. The van der Waals surface area contributed by atoms with Crippen molar-refractivity contribution >= 4 is 33.0 Å². The second-order valence-electron chi connectivity index (χ2n) is 11.7. The molecular formula is C33H37N2O+. The molecule has 3 heterocycles. The Morgan fingerprint density at radius 3 is 2.47 bits per heavy atom. The van der Waals surface area contributed by atoms with Gasteiger partial charge in [0.05, 0.1) is 11.1 Å². The maximum absolute atomic E-state index is 9.23. The SMILES string of the molecule is [2H]C([2H])([2H])C([2H])(c1c[n+](C)c(-c2c(C)ccc3c2oc2nc4ccccc4cc23)c2c1C(C)(C)CCC2(C)C)C([2H])([2H])[2H]. The van der Waals surface area contributed by atoms with Gasteiger partial charge in [-0.05, 0) is 59.7 Å². The van der Waals surface area contributed by atoms with Crippen molar-refractivity contribution in [1.29, 1.82) is 0 Å². The standard InChI is InChI=1S/C33H37N2O/c1-19(2)24-18-35(8)29(28-27(24)32(4,5)15-16-33(28,6)7)26-20(3)13-14-22-23-17-21-11-9-10-12-25(21)34-31(23)36-30(22)26/h9-14,17-19H,15-16H2,1-8H3/q+1/i1D3,2D3,19D. The summed E-state index contributed by atoms with van der Waals surface area (Å²) >= 11 is 0. The summed E-state index contributed by atoms with van der Waals surface area (Å²) in [5.74, 6) is -2.82. The predicted octanol–water partition coefficient (Wildman–Crippen LogP) is 8.41. The number of pyridine rings is 2. The first-order chi connectivity index (χ1) is 19.8. The first kappa shape index (κ1) is 16.5. The first-order valence-corrected chi connectivity index (χ1v) is 12.6. The Balaban J connectivity index is 1.80. The summed E-state index contributed by atoms with van der Waals surface area (Å²) in [6.07, 6.45) is 3.10. The molecule has 3 aromatic heterocycles. The molecule has 0 unspecified atom stereocenters. The van der Waals surface area contributed by atoms with Crippen LogP contribution in [0.1, 0.15) is 92.0 Å².